The lowest BCUT2D eigenvalue weighted by molar-refractivity contribution is -0.133. The highest BCUT2D eigenvalue weighted by atomic mass is 16.5. The van der Waals surface area contributed by atoms with Crippen molar-refractivity contribution in [2.75, 3.05) is 33.9 Å². The first-order valence-electron chi connectivity index (χ1n) is 6.13. The number of amides is 1. The number of hydrogen-bond donors (Lipinski definition) is 1. The Kier molecular flexibility index (Phi) is 5.77. The molecule has 0 aromatic carbocycles. The molecule has 94 valence electrons. The number of nitrogens with zero attached hydrogens (tertiary/aromatic N) is 1. The van der Waals surface area contributed by atoms with Crippen LogP contribution in [0, 0.1) is 5.92 Å². The van der Waals surface area contributed by atoms with Gasteiger partial charge < -0.3 is 15.0 Å². The first-order valence-corrected chi connectivity index (χ1v) is 6.13. The van der Waals surface area contributed by atoms with Crippen molar-refractivity contribution < 1.29 is 9.53 Å². The summed E-state index contributed by atoms with van der Waals surface area (Å²) < 4.78 is 4.95. The van der Waals surface area contributed by atoms with Crippen molar-refractivity contribution in [3.63, 3.8) is 0 Å². The van der Waals surface area contributed by atoms with Crippen LogP contribution in [0.4, 0.5) is 0 Å². The minimum absolute atomic E-state index is 0.276. The molecule has 2 unspecified atom stereocenters. The highest BCUT2D eigenvalue weighted by Crippen LogP contribution is 2.17. The van der Waals surface area contributed by atoms with Crippen molar-refractivity contribution in [3.8, 4) is 0 Å². The van der Waals surface area contributed by atoms with E-state index in [2.05, 4.69) is 12.2 Å². The number of nitrogens with one attached hydrogen (secondary N) is 1. The Bertz CT molecular complexity index is 221. The van der Waals surface area contributed by atoms with Crippen LogP contribution in [0.3, 0.4) is 0 Å². The van der Waals surface area contributed by atoms with Gasteiger partial charge in [-0.15, -0.1) is 0 Å². The SMILES string of the molecule is CNC1CCN(C(=O)CCCOC)CC1C. The van der Waals surface area contributed by atoms with Gasteiger partial charge in [0.15, 0.2) is 0 Å². The third-order valence-corrected chi connectivity index (χ3v) is 3.37. The van der Waals surface area contributed by atoms with Gasteiger partial charge in [0.25, 0.3) is 0 Å². The smallest absolute Gasteiger partial charge is 0.222 e. The Morgan fingerprint density at radius 2 is 2.31 bits per heavy atom. The molecule has 0 saturated carbocycles. The van der Waals surface area contributed by atoms with E-state index in [4.69, 9.17) is 4.74 Å². The lowest BCUT2D eigenvalue weighted by atomic mass is 9.94. The molecule has 0 radical (unpaired) electrons. The predicted molar refractivity (Wildman–Crippen MR) is 64.3 cm³/mol. The Balaban J connectivity index is 2.30. The van der Waals surface area contributed by atoms with Gasteiger partial charge in [0.2, 0.25) is 5.91 Å². The van der Waals surface area contributed by atoms with Crippen molar-refractivity contribution >= 4 is 5.91 Å². The van der Waals surface area contributed by atoms with E-state index in [9.17, 15) is 4.79 Å². The minimum atomic E-state index is 0.276. The molecule has 1 N–H and O–H groups in total. The van der Waals surface area contributed by atoms with Crippen molar-refractivity contribution in [3.05, 3.63) is 0 Å². The van der Waals surface area contributed by atoms with Gasteiger partial charge in [-0.2, -0.15) is 0 Å². The third-order valence-electron chi connectivity index (χ3n) is 3.37. The molecule has 4 nitrogen and oxygen atoms in total. The van der Waals surface area contributed by atoms with Gasteiger partial charge in [-0.3, -0.25) is 4.79 Å². The van der Waals surface area contributed by atoms with E-state index in [0.717, 1.165) is 25.9 Å². The van der Waals surface area contributed by atoms with Gasteiger partial charge in [-0.05, 0) is 25.8 Å². The molecule has 0 aliphatic carbocycles. The fraction of sp³-hybridized carbons (Fsp3) is 0.917. The zero-order valence-corrected chi connectivity index (χ0v) is 10.7. The summed E-state index contributed by atoms with van der Waals surface area (Å²) in [5.41, 5.74) is 0. The van der Waals surface area contributed by atoms with Gasteiger partial charge >= 0.3 is 0 Å². The van der Waals surface area contributed by atoms with Crippen molar-refractivity contribution in [2.45, 2.75) is 32.2 Å². The second kappa shape index (κ2) is 6.86. The predicted octanol–water partition coefficient (Wildman–Crippen LogP) is 0.869. The molecule has 1 heterocycles. The third kappa shape index (κ3) is 3.76. The zero-order valence-electron chi connectivity index (χ0n) is 10.7. The van der Waals surface area contributed by atoms with Gasteiger partial charge in [0.1, 0.15) is 0 Å². The molecule has 1 aliphatic rings. The van der Waals surface area contributed by atoms with Gasteiger partial charge in [-0.1, -0.05) is 6.92 Å². The highest BCUT2D eigenvalue weighted by molar-refractivity contribution is 5.76. The average Bonchev–Trinajstić information content (AvgIpc) is 2.29. The molecule has 4 heteroatoms. The van der Waals surface area contributed by atoms with Crippen LogP contribution in [0.1, 0.15) is 26.2 Å². The van der Waals surface area contributed by atoms with Crippen molar-refractivity contribution in [1.82, 2.24) is 10.2 Å². The van der Waals surface area contributed by atoms with Gasteiger partial charge in [0, 0.05) is 39.3 Å². The number of carbonyl (C=O) groups excluding carboxylic acids is 1. The topological polar surface area (TPSA) is 41.6 Å². The molecule has 0 bridgehead atoms. The number of methoxy groups -OCH3 is 1. The summed E-state index contributed by atoms with van der Waals surface area (Å²) in [6.07, 6.45) is 2.51. The first kappa shape index (κ1) is 13.5. The Hall–Kier alpha value is -0.610. The standard InChI is InChI=1S/C12H24N2O2/c1-10-9-14(7-6-11(10)13-2)12(15)5-4-8-16-3/h10-11,13H,4-9H2,1-3H3. The molecular weight excluding hydrogens is 204 g/mol. The number of likely N-dealkylation sites (tertiary alicyclic amines) is 1. The number of ether oxygens (including phenoxy) is 1. The number of hydrogen-bond acceptors (Lipinski definition) is 3. The lowest BCUT2D eigenvalue weighted by Crippen LogP contribution is -2.49. The van der Waals surface area contributed by atoms with Crippen LogP contribution in [-0.2, 0) is 9.53 Å². The maximum atomic E-state index is 11.9. The van der Waals surface area contributed by atoms with Crippen LogP contribution in [0.15, 0.2) is 0 Å². The normalized spacial score (nSPS) is 25.8. The lowest BCUT2D eigenvalue weighted by Gasteiger charge is -2.36. The molecule has 0 aromatic heterocycles. The van der Waals surface area contributed by atoms with E-state index in [1.165, 1.54) is 0 Å². The minimum Gasteiger partial charge on any atom is -0.385 e. The van der Waals surface area contributed by atoms with Crippen molar-refractivity contribution in [2.24, 2.45) is 5.92 Å². The summed E-state index contributed by atoms with van der Waals surface area (Å²) >= 11 is 0. The number of carbonyl (C=O) groups is 1. The molecule has 16 heavy (non-hydrogen) atoms. The fourth-order valence-electron chi connectivity index (χ4n) is 2.33. The first-order chi connectivity index (χ1) is 7.69. The summed E-state index contributed by atoms with van der Waals surface area (Å²) in [6.45, 7) is 4.66. The maximum Gasteiger partial charge on any atom is 0.222 e. The van der Waals surface area contributed by atoms with Crippen LogP contribution in [0.5, 0.6) is 0 Å². The van der Waals surface area contributed by atoms with Gasteiger partial charge in [-0.25, -0.2) is 0 Å². The Labute approximate surface area is 98.3 Å². The molecule has 2 atom stereocenters. The molecular formula is C12H24N2O2. The van der Waals surface area contributed by atoms with Gasteiger partial charge in [0.05, 0.1) is 0 Å². The van der Waals surface area contributed by atoms with E-state index in [1.807, 2.05) is 11.9 Å². The largest absolute Gasteiger partial charge is 0.385 e. The molecule has 1 aliphatic heterocycles. The summed E-state index contributed by atoms with van der Waals surface area (Å²) in [7, 11) is 3.67. The highest BCUT2D eigenvalue weighted by Gasteiger charge is 2.26. The quantitative estimate of drug-likeness (QED) is 0.710. The van der Waals surface area contributed by atoms with E-state index in [0.29, 0.717) is 25.0 Å². The summed E-state index contributed by atoms with van der Waals surface area (Å²) in [5, 5.41) is 3.31. The molecule has 0 aromatic rings. The molecule has 1 amide bonds. The Morgan fingerprint density at radius 3 is 2.88 bits per heavy atom. The number of piperidine rings is 1. The van der Waals surface area contributed by atoms with E-state index >= 15 is 0 Å². The van der Waals surface area contributed by atoms with Crippen LogP contribution >= 0.6 is 0 Å². The monoisotopic (exact) mass is 228 g/mol. The summed E-state index contributed by atoms with van der Waals surface area (Å²) in [4.78, 5) is 13.9. The second-order valence-corrected chi connectivity index (χ2v) is 4.60. The van der Waals surface area contributed by atoms with Crippen molar-refractivity contribution in [1.29, 1.82) is 0 Å². The Morgan fingerprint density at radius 1 is 1.56 bits per heavy atom. The average molecular weight is 228 g/mol. The fourth-order valence-corrected chi connectivity index (χ4v) is 2.33. The maximum absolute atomic E-state index is 11.9. The van der Waals surface area contributed by atoms with E-state index in [1.54, 1.807) is 7.11 Å². The summed E-state index contributed by atoms with van der Waals surface area (Å²) in [5.74, 6) is 0.823. The zero-order chi connectivity index (χ0) is 12.0. The van der Waals surface area contributed by atoms with Crippen LogP contribution in [-0.4, -0.2) is 50.7 Å². The molecule has 0 spiro atoms. The molecule has 1 rings (SSSR count). The second-order valence-electron chi connectivity index (χ2n) is 4.60. The van der Waals surface area contributed by atoms with Crippen LogP contribution in [0.2, 0.25) is 0 Å². The van der Waals surface area contributed by atoms with E-state index < -0.39 is 0 Å². The molecule has 1 fully saturated rings. The molecule has 1 saturated heterocycles. The van der Waals surface area contributed by atoms with Crippen LogP contribution < -0.4 is 5.32 Å². The van der Waals surface area contributed by atoms with Crippen LogP contribution in [0.25, 0.3) is 0 Å². The number of rotatable bonds is 5. The summed E-state index contributed by atoms with van der Waals surface area (Å²) in [6, 6.07) is 0.558. The van der Waals surface area contributed by atoms with E-state index in [-0.39, 0.29) is 5.91 Å².